The lowest BCUT2D eigenvalue weighted by Crippen LogP contribution is -2.59. The lowest BCUT2D eigenvalue weighted by atomic mass is 9.75. The molecule has 2 rings (SSSR count). The topological polar surface area (TPSA) is 78.4 Å². The van der Waals surface area contributed by atoms with Crippen molar-refractivity contribution >= 4 is 11.9 Å². The van der Waals surface area contributed by atoms with E-state index >= 15 is 0 Å². The summed E-state index contributed by atoms with van der Waals surface area (Å²) in [5.41, 5.74) is -1.03. The van der Waals surface area contributed by atoms with Gasteiger partial charge in [-0.3, -0.25) is 4.79 Å². The number of aliphatic carboxylic acids is 1. The van der Waals surface area contributed by atoms with Crippen LogP contribution in [0.3, 0.4) is 0 Å². The Morgan fingerprint density at radius 3 is 2.47 bits per heavy atom. The maximum Gasteiger partial charge on any atom is 0.329 e. The van der Waals surface area contributed by atoms with E-state index in [0.717, 1.165) is 38.6 Å². The Bertz CT molecular complexity index is 343. The van der Waals surface area contributed by atoms with Crippen LogP contribution >= 0.6 is 0 Å². The molecule has 0 unspecified atom stereocenters. The summed E-state index contributed by atoms with van der Waals surface area (Å²) in [6.45, 7) is 2.98. The number of nitrogens with one attached hydrogen (secondary N) is 2. The van der Waals surface area contributed by atoms with Gasteiger partial charge in [0.2, 0.25) is 5.91 Å². The zero-order valence-electron chi connectivity index (χ0n) is 11.6. The van der Waals surface area contributed by atoms with E-state index in [2.05, 4.69) is 17.6 Å². The van der Waals surface area contributed by atoms with Gasteiger partial charge in [-0.15, -0.1) is 0 Å². The highest BCUT2D eigenvalue weighted by Gasteiger charge is 2.44. The molecular formula is C14H24N2O3. The van der Waals surface area contributed by atoms with Crippen molar-refractivity contribution < 1.29 is 14.7 Å². The number of amides is 1. The van der Waals surface area contributed by atoms with Crippen molar-refractivity contribution in [1.82, 2.24) is 10.6 Å². The van der Waals surface area contributed by atoms with E-state index in [9.17, 15) is 14.7 Å². The molecule has 0 spiro atoms. The van der Waals surface area contributed by atoms with Gasteiger partial charge in [-0.2, -0.15) is 0 Å². The van der Waals surface area contributed by atoms with Gasteiger partial charge in [-0.05, 0) is 51.0 Å². The summed E-state index contributed by atoms with van der Waals surface area (Å²) in [5.74, 6) is -0.419. The first-order valence-corrected chi connectivity index (χ1v) is 7.36. The molecule has 2 fully saturated rings. The summed E-state index contributed by atoms with van der Waals surface area (Å²) in [4.78, 5) is 23.7. The summed E-state index contributed by atoms with van der Waals surface area (Å²) in [7, 11) is 0. The van der Waals surface area contributed by atoms with Gasteiger partial charge in [0.15, 0.2) is 0 Å². The van der Waals surface area contributed by atoms with Gasteiger partial charge < -0.3 is 15.7 Å². The van der Waals surface area contributed by atoms with Crippen molar-refractivity contribution in [3.05, 3.63) is 0 Å². The Morgan fingerprint density at radius 2 is 2.00 bits per heavy atom. The minimum Gasteiger partial charge on any atom is -0.480 e. The molecule has 2 aliphatic rings. The predicted molar refractivity (Wildman–Crippen MR) is 71.8 cm³/mol. The van der Waals surface area contributed by atoms with Crippen LogP contribution in [0.4, 0.5) is 0 Å². The first kappa shape index (κ1) is 14.3. The van der Waals surface area contributed by atoms with E-state index in [1.165, 1.54) is 0 Å². The van der Waals surface area contributed by atoms with Crippen molar-refractivity contribution in [2.24, 2.45) is 5.92 Å². The Labute approximate surface area is 114 Å². The molecule has 19 heavy (non-hydrogen) atoms. The lowest BCUT2D eigenvalue weighted by Gasteiger charge is -2.37. The molecule has 0 aromatic heterocycles. The molecule has 0 aromatic carbocycles. The Balaban J connectivity index is 2.00. The van der Waals surface area contributed by atoms with Crippen LogP contribution in [0.25, 0.3) is 0 Å². The number of carbonyl (C=O) groups excluding carboxylic acids is 1. The van der Waals surface area contributed by atoms with Crippen molar-refractivity contribution in [1.29, 1.82) is 0 Å². The number of rotatable bonds is 4. The molecule has 0 radical (unpaired) electrons. The number of hydrogen-bond acceptors (Lipinski definition) is 3. The number of carbonyl (C=O) groups is 2. The Kier molecular flexibility index (Phi) is 4.45. The van der Waals surface area contributed by atoms with Crippen LogP contribution < -0.4 is 10.6 Å². The van der Waals surface area contributed by atoms with E-state index in [1.54, 1.807) is 0 Å². The predicted octanol–water partition coefficient (Wildman–Crippen LogP) is 1.28. The van der Waals surface area contributed by atoms with Crippen LogP contribution in [0.5, 0.6) is 0 Å². The van der Waals surface area contributed by atoms with Crippen LogP contribution in [0, 0.1) is 5.92 Å². The molecule has 5 nitrogen and oxygen atoms in total. The quantitative estimate of drug-likeness (QED) is 0.717. The summed E-state index contributed by atoms with van der Waals surface area (Å²) < 4.78 is 0. The van der Waals surface area contributed by atoms with Gasteiger partial charge in [0.1, 0.15) is 5.54 Å². The van der Waals surface area contributed by atoms with Crippen LogP contribution in [0.2, 0.25) is 0 Å². The highest BCUT2D eigenvalue weighted by molar-refractivity contribution is 5.89. The third kappa shape index (κ3) is 3.08. The smallest absolute Gasteiger partial charge is 0.329 e. The van der Waals surface area contributed by atoms with Gasteiger partial charge in [0.25, 0.3) is 0 Å². The van der Waals surface area contributed by atoms with Crippen molar-refractivity contribution in [2.45, 2.75) is 63.5 Å². The van der Waals surface area contributed by atoms with Gasteiger partial charge in [0, 0.05) is 0 Å². The van der Waals surface area contributed by atoms with Crippen LogP contribution in [0.1, 0.15) is 51.9 Å². The second kappa shape index (κ2) is 5.90. The van der Waals surface area contributed by atoms with Crippen LogP contribution in [-0.2, 0) is 9.59 Å². The average Bonchev–Trinajstić information content (AvgIpc) is 2.93. The first-order valence-electron chi connectivity index (χ1n) is 7.36. The van der Waals surface area contributed by atoms with E-state index in [0.29, 0.717) is 18.8 Å². The SMILES string of the molecule is CCC1CCC(NC(=O)[C@H]2CCCN2)(C(=O)O)CC1. The van der Waals surface area contributed by atoms with E-state index in [1.807, 2.05) is 0 Å². The standard InChI is InChI=1S/C14H24N2O3/c1-2-10-5-7-14(8-6-10,13(18)19)16-12(17)11-4-3-9-15-11/h10-11,15H,2-9H2,1H3,(H,16,17)(H,18,19)/t10?,11-,14?/m1/s1. The normalized spacial score (nSPS) is 35.0. The van der Waals surface area contributed by atoms with E-state index in [4.69, 9.17) is 0 Å². The third-order valence-corrected chi connectivity index (χ3v) is 4.68. The van der Waals surface area contributed by atoms with Crippen LogP contribution in [0.15, 0.2) is 0 Å². The maximum atomic E-state index is 12.1. The lowest BCUT2D eigenvalue weighted by molar-refractivity contribution is -0.150. The molecule has 3 N–H and O–H groups in total. The Hall–Kier alpha value is -1.10. The molecule has 0 aromatic rings. The largest absolute Gasteiger partial charge is 0.480 e. The molecule has 0 bridgehead atoms. The van der Waals surface area contributed by atoms with E-state index < -0.39 is 11.5 Å². The zero-order chi connectivity index (χ0) is 13.9. The maximum absolute atomic E-state index is 12.1. The zero-order valence-corrected chi connectivity index (χ0v) is 11.6. The molecule has 1 amide bonds. The van der Waals surface area contributed by atoms with Crippen molar-refractivity contribution in [2.75, 3.05) is 6.54 Å². The molecule has 5 heteroatoms. The summed E-state index contributed by atoms with van der Waals surface area (Å²) in [6, 6.07) is -0.208. The highest BCUT2D eigenvalue weighted by Crippen LogP contribution is 2.34. The molecule has 1 saturated carbocycles. The minimum absolute atomic E-state index is 0.144. The Morgan fingerprint density at radius 1 is 1.32 bits per heavy atom. The van der Waals surface area contributed by atoms with Crippen LogP contribution in [-0.4, -0.2) is 35.1 Å². The first-order chi connectivity index (χ1) is 9.07. The molecule has 1 atom stereocenters. The van der Waals surface area contributed by atoms with Gasteiger partial charge in [-0.1, -0.05) is 13.3 Å². The minimum atomic E-state index is -1.03. The summed E-state index contributed by atoms with van der Waals surface area (Å²) >= 11 is 0. The van der Waals surface area contributed by atoms with Gasteiger partial charge in [-0.25, -0.2) is 4.79 Å². The number of hydrogen-bond donors (Lipinski definition) is 3. The fourth-order valence-electron chi connectivity index (χ4n) is 3.20. The van der Waals surface area contributed by atoms with Crippen molar-refractivity contribution in [3.8, 4) is 0 Å². The summed E-state index contributed by atoms with van der Waals surface area (Å²) in [6.07, 6.45) is 5.77. The number of carboxylic acids is 1. The fourth-order valence-corrected chi connectivity index (χ4v) is 3.20. The molecule has 1 heterocycles. The second-order valence-electron chi connectivity index (χ2n) is 5.88. The van der Waals surface area contributed by atoms with Crippen molar-refractivity contribution in [3.63, 3.8) is 0 Å². The number of carboxylic acid groups (broad SMARTS) is 1. The fraction of sp³-hybridized carbons (Fsp3) is 0.857. The monoisotopic (exact) mass is 268 g/mol. The van der Waals surface area contributed by atoms with Gasteiger partial charge in [0.05, 0.1) is 6.04 Å². The van der Waals surface area contributed by atoms with E-state index in [-0.39, 0.29) is 11.9 Å². The van der Waals surface area contributed by atoms with Gasteiger partial charge >= 0.3 is 5.97 Å². The molecule has 108 valence electrons. The summed E-state index contributed by atoms with van der Waals surface area (Å²) in [5, 5.41) is 15.4. The molecular weight excluding hydrogens is 244 g/mol. The second-order valence-corrected chi connectivity index (χ2v) is 5.88. The average molecular weight is 268 g/mol. The molecule has 1 aliphatic heterocycles. The third-order valence-electron chi connectivity index (χ3n) is 4.68. The molecule has 1 aliphatic carbocycles. The highest BCUT2D eigenvalue weighted by atomic mass is 16.4. The molecule has 1 saturated heterocycles.